The molecule has 0 aliphatic heterocycles. The topological polar surface area (TPSA) is 61.8 Å². The monoisotopic (exact) mass is 891 g/mol. The fourth-order valence-electron chi connectivity index (χ4n) is 7.36. The van der Waals surface area contributed by atoms with E-state index in [0.29, 0.717) is 19.4 Å². The molecule has 0 heterocycles. The van der Waals surface area contributed by atoms with E-state index in [-0.39, 0.29) is 25.2 Å². The maximum atomic E-state index is 12.8. The Labute approximate surface area is 397 Å². The van der Waals surface area contributed by atoms with Crippen LogP contribution in [-0.2, 0) is 23.8 Å². The van der Waals surface area contributed by atoms with E-state index in [1.807, 2.05) is 0 Å². The molecule has 0 N–H and O–H groups in total. The number of carbonyl (C=O) groups is 2. The predicted molar refractivity (Wildman–Crippen MR) is 279 cm³/mol. The molecule has 0 aromatic rings. The first-order valence-electron chi connectivity index (χ1n) is 27.1. The Morgan fingerprint density at radius 2 is 0.734 bits per heavy atom. The molecule has 0 aromatic heterocycles. The van der Waals surface area contributed by atoms with Crippen LogP contribution in [0.15, 0.2) is 85.1 Å². The Balaban J connectivity index is 4.30. The summed E-state index contributed by atoms with van der Waals surface area (Å²) < 4.78 is 17.4. The second-order valence-corrected chi connectivity index (χ2v) is 17.7. The summed E-state index contributed by atoms with van der Waals surface area (Å²) in [6.07, 6.45) is 71.6. The zero-order valence-corrected chi connectivity index (χ0v) is 42.3. The number of esters is 2. The number of ether oxygens (including phenoxy) is 3. The van der Waals surface area contributed by atoms with E-state index in [1.54, 1.807) is 0 Å². The van der Waals surface area contributed by atoms with E-state index in [1.165, 1.54) is 122 Å². The summed E-state index contributed by atoms with van der Waals surface area (Å²) >= 11 is 0. The zero-order valence-electron chi connectivity index (χ0n) is 42.3. The Morgan fingerprint density at radius 3 is 1.19 bits per heavy atom. The average Bonchev–Trinajstić information content (AvgIpc) is 3.30. The fraction of sp³-hybridized carbons (Fsp3) is 0.729. The fourth-order valence-corrected chi connectivity index (χ4v) is 7.36. The van der Waals surface area contributed by atoms with Gasteiger partial charge in [0.15, 0.2) is 6.10 Å². The van der Waals surface area contributed by atoms with E-state index in [2.05, 4.69) is 106 Å². The van der Waals surface area contributed by atoms with E-state index < -0.39 is 6.10 Å². The van der Waals surface area contributed by atoms with Gasteiger partial charge < -0.3 is 14.2 Å². The lowest BCUT2D eigenvalue weighted by Crippen LogP contribution is -2.30. The number of rotatable bonds is 49. The van der Waals surface area contributed by atoms with Crippen LogP contribution in [0, 0.1) is 0 Å². The molecule has 368 valence electrons. The van der Waals surface area contributed by atoms with Crippen molar-refractivity contribution in [1.29, 1.82) is 0 Å². The minimum atomic E-state index is -0.554. The first-order valence-corrected chi connectivity index (χ1v) is 27.1. The molecule has 0 bridgehead atoms. The lowest BCUT2D eigenvalue weighted by atomic mass is 10.1. The third-order valence-electron chi connectivity index (χ3n) is 11.4. The molecule has 5 heteroatoms. The summed E-state index contributed by atoms with van der Waals surface area (Å²) in [6.45, 7) is 7.60. The van der Waals surface area contributed by atoms with Crippen LogP contribution >= 0.6 is 0 Å². The molecule has 0 spiro atoms. The van der Waals surface area contributed by atoms with Gasteiger partial charge in [0.1, 0.15) is 6.61 Å². The number of unbranched alkanes of at least 4 members (excludes halogenated alkanes) is 24. The lowest BCUT2D eigenvalue weighted by molar-refractivity contribution is -0.163. The van der Waals surface area contributed by atoms with Gasteiger partial charge in [-0.15, -0.1) is 0 Å². The Hall–Kier alpha value is -2.92. The molecular weight excluding hydrogens is 789 g/mol. The number of carbonyl (C=O) groups excluding carboxylic acids is 2. The number of hydrogen-bond acceptors (Lipinski definition) is 5. The minimum absolute atomic E-state index is 0.0694. The number of hydrogen-bond donors (Lipinski definition) is 0. The highest BCUT2D eigenvalue weighted by atomic mass is 16.6. The maximum Gasteiger partial charge on any atom is 0.306 e. The van der Waals surface area contributed by atoms with Crippen LogP contribution in [0.2, 0.25) is 0 Å². The molecule has 1 atom stereocenters. The zero-order chi connectivity index (χ0) is 46.3. The van der Waals surface area contributed by atoms with Crippen LogP contribution in [0.5, 0.6) is 0 Å². The molecule has 0 aliphatic carbocycles. The van der Waals surface area contributed by atoms with Crippen LogP contribution < -0.4 is 0 Å². The highest BCUT2D eigenvalue weighted by molar-refractivity contribution is 5.70. The first-order chi connectivity index (χ1) is 31.6. The Morgan fingerprint density at radius 1 is 0.359 bits per heavy atom. The van der Waals surface area contributed by atoms with Crippen LogP contribution in [0.25, 0.3) is 0 Å². The van der Waals surface area contributed by atoms with E-state index in [4.69, 9.17) is 14.2 Å². The van der Waals surface area contributed by atoms with Crippen molar-refractivity contribution in [3.63, 3.8) is 0 Å². The van der Waals surface area contributed by atoms with Gasteiger partial charge in [-0.3, -0.25) is 9.59 Å². The van der Waals surface area contributed by atoms with Gasteiger partial charge in [0.25, 0.3) is 0 Å². The largest absolute Gasteiger partial charge is 0.462 e. The lowest BCUT2D eigenvalue weighted by Gasteiger charge is -2.18. The van der Waals surface area contributed by atoms with Crippen molar-refractivity contribution in [3.8, 4) is 0 Å². The maximum absolute atomic E-state index is 12.8. The first kappa shape index (κ1) is 61.1. The molecule has 0 fully saturated rings. The van der Waals surface area contributed by atoms with Crippen molar-refractivity contribution in [1.82, 2.24) is 0 Å². The summed E-state index contributed by atoms with van der Waals surface area (Å²) in [5, 5.41) is 0. The average molecular weight is 891 g/mol. The molecule has 0 amide bonds. The van der Waals surface area contributed by atoms with Gasteiger partial charge in [-0.05, 0) is 109 Å². The summed E-state index contributed by atoms with van der Waals surface area (Å²) in [6, 6.07) is 0. The molecule has 0 aromatic carbocycles. The van der Waals surface area contributed by atoms with E-state index >= 15 is 0 Å². The third kappa shape index (κ3) is 51.7. The highest BCUT2D eigenvalue weighted by Crippen LogP contribution is 2.14. The minimum Gasteiger partial charge on any atom is -0.462 e. The van der Waals surface area contributed by atoms with Gasteiger partial charge in [0.2, 0.25) is 0 Å². The molecule has 64 heavy (non-hydrogen) atoms. The standard InChI is InChI=1S/C59H102O5/c1-4-7-10-13-16-19-22-25-27-29-31-33-36-39-42-45-48-51-54-62-55-57(64-59(61)53-50-47-44-41-38-34-24-21-18-15-12-9-6-3)56-63-58(60)52-49-46-43-40-37-35-32-30-28-26-23-20-17-14-11-8-5-2/h7,10,12,15-17,19-21,24-28,57H,4-6,8-9,11,13-14,18,22-23,29-56H2,1-3H3/b10-7-,15-12-,19-16-,20-17-,24-21-,27-25-,28-26-. The van der Waals surface area contributed by atoms with Crippen LogP contribution in [0.1, 0.15) is 252 Å². The molecule has 1 unspecified atom stereocenters. The summed E-state index contributed by atoms with van der Waals surface area (Å²) in [4.78, 5) is 25.4. The molecule has 0 saturated heterocycles. The Bertz CT molecular complexity index is 1190. The molecule has 0 rings (SSSR count). The van der Waals surface area contributed by atoms with Gasteiger partial charge >= 0.3 is 11.9 Å². The normalized spacial score (nSPS) is 12.9. The quantitative estimate of drug-likeness (QED) is 0.0346. The highest BCUT2D eigenvalue weighted by Gasteiger charge is 2.17. The van der Waals surface area contributed by atoms with Crippen molar-refractivity contribution in [2.24, 2.45) is 0 Å². The summed E-state index contributed by atoms with van der Waals surface area (Å²) in [7, 11) is 0. The van der Waals surface area contributed by atoms with Gasteiger partial charge in [-0.1, -0.05) is 215 Å². The van der Waals surface area contributed by atoms with E-state index in [9.17, 15) is 9.59 Å². The van der Waals surface area contributed by atoms with Crippen LogP contribution in [-0.4, -0.2) is 37.9 Å². The smallest absolute Gasteiger partial charge is 0.306 e. The molecule has 0 radical (unpaired) electrons. The molecule has 0 aliphatic rings. The summed E-state index contributed by atoms with van der Waals surface area (Å²) in [5.74, 6) is -0.425. The molecule has 5 nitrogen and oxygen atoms in total. The van der Waals surface area contributed by atoms with Crippen molar-refractivity contribution in [2.75, 3.05) is 19.8 Å². The van der Waals surface area contributed by atoms with E-state index in [0.717, 1.165) is 96.3 Å². The van der Waals surface area contributed by atoms with Gasteiger partial charge in [0, 0.05) is 19.4 Å². The second kappa shape index (κ2) is 54.4. The van der Waals surface area contributed by atoms with Crippen molar-refractivity contribution in [2.45, 2.75) is 258 Å². The van der Waals surface area contributed by atoms with Gasteiger partial charge in [-0.2, -0.15) is 0 Å². The van der Waals surface area contributed by atoms with Crippen molar-refractivity contribution >= 4 is 11.9 Å². The van der Waals surface area contributed by atoms with Gasteiger partial charge in [-0.25, -0.2) is 0 Å². The molecular formula is C59H102O5. The molecule has 0 saturated carbocycles. The Kier molecular flexibility index (Phi) is 51.9. The predicted octanol–water partition coefficient (Wildman–Crippen LogP) is 18.5. The second-order valence-electron chi connectivity index (χ2n) is 17.7. The van der Waals surface area contributed by atoms with Crippen LogP contribution in [0.3, 0.4) is 0 Å². The summed E-state index contributed by atoms with van der Waals surface area (Å²) in [5.41, 5.74) is 0. The van der Waals surface area contributed by atoms with Crippen molar-refractivity contribution < 1.29 is 23.8 Å². The van der Waals surface area contributed by atoms with Crippen LogP contribution in [0.4, 0.5) is 0 Å². The SMILES string of the molecule is CC/C=C\C/C=C\C/C=C\CCCCCCCCCCOCC(COC(=O)CCCCCCCCC/C=C\C/C=C\CCCCC)OC(=O)CCCCCCC/C=C\C/C=C\CCC. The number of allylic oxidation sites excluding steroid dienone is 14. The van der Waals surface area contributed by atoms with Gasteiger partial charge in [0.05, 0.1) is 6.61 Å². The third-order valence-corrected chi connectivity index (χ3v) is 11.4. The van der Waals surface area contributed by atoms with Crippen molar-refractivity contribution in [3.05, 3.63) is 85.1 Å².